The van der Waals surface area contributed by atoms with Crippen LogP contribution in [0.1, 0.15) is 24.1 Å². The molecular formula is C22H25N2S+. The molecule has 0 bridgehead atoms. The molecule has 1 fully saturated rings. The van der Waals surface area contributed by atoms with Crippen molar-refractivity contribution in [3.63, 3.8) is 0 Å². The number of hydrogen-bond acceptors (Lipinski definition) is 2. The van der Waals surface area contributed by atoms with E-state index in [0.29, 0.717) is 0 Å². The van der Waals surface area contributed by atoms with Crippen LogP contribution in [0.3, 0.4) is 0 Å². The average Bonchev–Trinajstić information content (AvgIpc) is 3.14. The molecule has 0 spiro atoms. The van der Waals surface area contributed by atoms with E-state index in [1.165, 1.54) is 49.2 Å². The first-order chi connectivity index (χ1) is 12.4. The summed E-state index contributed by atoms with van der Waals surface area (Å²) >= 11 is 1.77. The Morgan fingerprint density at radius 2 is 1.60 bits per heavy atom. The average molecular weight is 350 g/mol. The predicted molar refractivity (Wildman–Crippen MR) is 105 cm³/mol. The van der Waals surface area contributed by atoms with E-state index < -0.39 is 0 Å². The van der Waals surface area contributed by atoms with E-state index in [9.17, 15) is 0 Å². The number of nitrogens with zero attached hydrogens (tertiary/aromatic N) is 1. The van der Waals surface area contributed by atoms with Crippen LogP contribution in [0.4, 0.5) is 0 Å². The summed E-state index contributed by atoms with van der Waals surface area (Å²) in [4.78, 5) is 6.55. The number of rotatable bonds is 5. The van der Waals surface area contributed by atoms with Crippen LogP contribution in [-0.2, 0) is 13.0 Å². The summed E-state index contributed by atoms with van der Waals surface area (Å²) < 4.78 is 0. The van der Waals surface area contributed by atoms with Gasteiger partial charge in [-0.3, -0.25) is 0 Å². The number of nitrogens with one attached hydrogen (secondary N) is 1. The first kappa shape index (κ1) is 16.5. The van der Waals surface area contributed by atoms with Crippen molar-refractivity contribution in [1.29, 1.82) is 0 Å². The molecule has 2 nitrogen and oxygen atoms in total. The SMILES string of the molecule is c1ccc(CC2CC[NH+](Cc3csc(-c4ccccc4)n3)CC2)cc1. The lowest BCUT2D eigenvalue weighted by Gasteiger charge is -2.29. The van der Waals surface area contributed by atoms with Crippen LogP contribution in [0, 0.1) is 5.92 Å². The Kier molecular flexibility index (Phi) is 5.24. The number of aromatic nitrogens is 1. The highest BCUT2D eigenvalue weighted by Crippen LogP contribution is 2.23. The van der Waals surface area contributed by atoms with Crippen molar-refractivity contribution in [2.24, 2.45) is 5.92 Å². The summed E-state index contributed by atoms with van der Waals surface area (Å²) in [5, 5.41) is 3.39. The Labute approximate surface area is 154 Å². The van der Waals surface area contributed by atoms with Crippen LogP contribution >= 0.6 is 11.3 Å². The molecule has 0 amide bonds. The molecule has 0 atom stereocenters. The smallest absolute Gasteiger partial charge is 0.123 e. The van der Waals surface area contributed by atoms with Crippen molar-refractivity contribution in [3.05, 3.63) is 77.3 Å². The minimum absolute atomic E-state index is 0.849. The van der Waals surface area contributed by atoms with Gasteiger partial charge in [0.1, 0.15) is 17.2 Å². The van der Waals surface area contributed by atoms with Crippen LogP contribution in [0.15, 0.2) is 66.0 Å². The first-order valence-corrected chi connectivity index (χ1v) is 10.1. The number of piperidine rings is 1. The lowest BCUT2D eigenvalue weighted by molar-refractivity contribution is -0.920. The van der Waals surface area contributed by atoms with Crippen molar-refractivity contribution < 1.29 is 4.90 Å². The molecule has 3 heteroatoms. The van der Waals surface area contributed by atoms with Crippen LogP contribution < -0.4 is 4.90 Å². The van der Waals surface area contributed by atoms with E-state index >= 15 is 0 Å². The van der Waals surface area contributed by atoms with Crippen molar-refractivity contribution in [2.45, 2.75) is 25.8 Å². The van der Waals surface area contributed by atoms with Crippen molar-refractivity contribution in [2.75, 3.05) is 13.1 Å². The first-order valence-electron chi connectivity index (χ1n) is 9.24. The maximum Gasteiger partial charge on any atom is 0.123 e. The topological polar surface area (TPSA) is 17.3 Å². The van der Waals surface area contributed by atoms with E-state index in [4.69, 9.17) is 4.98 Å². The van der Waals surface area contributed by atoms with Gasteiger partial charge in [0.05, 0.1) is 13.1 Å². The van der Waals surface area contributed by atoms with Crippen molar-refractivity contribution >= 4 is 11.3 Å². The summed E-state index contributed by atoms with van der Waals surface area (Å²) in [5.41, 5.74) is 3.97. The van der Waals surface area contributed by atoms with Crippen LogP contribution in [0.2, 0.25) is 0 Å². The monoisotopic (exact) mass is 349 g/mol. The van der Waals surface area contributed by atoms with Crippen LogP contribution in [0.5, 0.6) is 0 Å². The number of benzene rings is 2. The van der Waals surface area contributed by atoms with Gasteiger partial charge >= 0.3 is 0 Å². The number of quaternary nitrogens is 1. The Morgan fingerprint density at radius 1 is 0.920 bits per heavy atom. The van der Waals surface area contributed by atoms with E-state index in [2.05, 4.69) is 66.0 Å². The van der Waals surface area contributed by atoms with Crippen LogP contribution in [0.25, 0.3) is 10.6 Å². The summed E-state index contributed by atoms with van der Waals surface area (Å²) in [6, 6.07) is 21.5. The maximum atomic E-state index is 4.86. The van der Waals surface area contributed by atoms with E-state index in [-0.39, 0.29) is 0 Å². The van der Waals surface area contributed by atoms with Gasteiger partial charge in [-0.05, 0) is 30.7 Å². The summed E-state index contributed by atoms with van der Waals surface area (Å²) in [7, 11) is 0. The van der Waals surface area contributed by atoms with E-state index in [0.717, 1.165) is 17.5 Å². The second-order valence-corrected chi connectivity index (χ2v) is 7.93. The van der Waals surface area contributed by atoms with Crippen molar-refractivity contribution in [1.82, 2.24) is 4.98 Å². The lowest BCUT2D eigenvalue weighted by Crippen LogP contribution is -3.11. The zero-order chi connectivity index (χ0) is 16.9. The van der Waals surface area contributed by atoms with Gasteiger partial charge in [-0.1, -0.05) is 60.7 Å². The number of thiazole rings is 1. The minimum atomic E-state index is 0.849. The molecular weight excluding hydrogens is 324 g/mol. The molecule has 25 heavy (non-hydrogen) atoms. The van der Waals surface area contributed by atoms with Gasteiger partial charge in [-0.25, -0.2) is 4.98 Å². The molecule has 1 N–H and O–H groups in total. The third kappa shape index (κ3) is 4.36. The van der Waals surface area contributed by atoms with Gasteiger partial charge in [0, 0.05) is 10.9 Å². The van der Waals surface area contributed by atoms with Gasteiger partial charge in [-0.2, -0.15) is 0 Å². The van der Waals surface area contributed by atoms with E-state index in [1.54, 1.807) is 16.2 Å². The molecule has 0 unspecified atom stereocenters. The maximum absolute atomic E-state index is 4.86. The standard InChI is InChI=1S/C22H24N2S/c1-3-7-18(8-4-1)15-19-11-13-24(14-12-19)16-21-17-25-22(23-21)20-9-5-2-6-10-20/h1-10,17,19H,11-16H2/p+1. The Balaban J connectivity index is 1.30. The van der Waals surface area contributed by atoms with Crippen LogP contribution in [-0.4, -0.2) is 18.1 Å². The molecule has 4 rings (SSSR count). The van der Waals surface area contributed by atoms with Gasteiger partial charge in [-0.15, -0.1) is 11.3 Å². The fraction of sp³-hybridized carbons (Fsp3) is 0.318. The molecule has 2 heterocycles. The largest absolute Gasteiger partial charge is 0.330 e. The zero-order valence-electron chi connectivity index (χ0n) is 14.5. The molecule has 1 saturated heterocycles. The highest BCUT2D eigenvalue weighted by atomic mass is 32.1. The molecule has 128 valence electrons. The molecule has 3 aromatic rings. The Hall–Kier alpha value is -1.97. The van der Waals surface area contributed by atoms with E-state index in [1.807, 2.05) is 0 Å². The lowest BCUT2D eigenvalue weighted by atomic mass is 9.90. The van der Waals surface area contributed by atoms with Gasteiger partial charge in [0.2, 0.25) is 0 Å². The summed E-state index contributed by atoms with van der Waals surface area (Å²) in [6.45, 7) is 3.62. The molecule has 1 aliphatic rings. The molecule has 2 aromatic carbocycles. The van der Waals surface area contributed by atoms with Gasteiger partial charge in [0.15, 0.2) is 0 Å². The zero-order valence-corrected chi connectivity index (χ0v) is 15.3. The third-order valence-corrected chi connectivity index (χ3v) is 6.12. The second-order valence-electron chi connectivity index (χ2n) is 7.07. The highest BCUT2D eigenvalue weighted by molar-refractivity contribution is 7.13. The number of hydrogen-bond donors (Lipinski definition) is 1. The van der Waals surface area contributed by atoms with Gasteiger partial charge in [0.25, 0.3) is 0 Å². The summed E-state index contributed by atoms with van der Waals surface area (Å²) in [5.74, 6) is 0.849. The molecule has 1 aromatic heterocycles. The summed E-state index contributed by atoms with van der Waals surface area (Å²) in [6.07, 6.45) is 3.91. The normalized spacial score (nSPS) is 20.5. The Bertz CT molecular complexity index is 774. The molecule has 0 saturated carbocycles. The van der Waals surface area contributed by atoms with Crippen molar-refractivity contribution in [3.8, 4) is 10.6 Å². The molecule has 0 radical (unpaired) electrons. The van der Waals surface area contributed by atoms with Gasteiger partial charge < -0.3 is 4.90 Å². The third-order valence-electron chi connectivity index (χ3n) is 5.18. The molecule has 1 aliphatic heterocycles. The predicted octanol–water partition coefficient (Wildman–Crippen LogP) is 3.85. The fourth-order valence-corrected chi connectivity index (χ4v) is 4.60. The Morgan fingerprint density at radius 3 is 2.32 bits per heavy atom. The highest BCUT2D eigenvalue weighted by Gasteiger charge is 2.23. The minimum Gasteiger partial charge on any atom is -0.330 e. The fourth-order valence-electron chi connectivity index (χ4n) is 3.77. The quantitative estimate of drug-likeness (QED) is 0.740. The second kappa shape index (κ2) is 7.94. The number of likely N-dealkylation sites (tertiary alicyclic amines) is 1. The molecule has 0 aliphatic carbocycles.